The summed E-state index contributed by atoms with van der Waals surface area (Å²) in [6.45, 7) is -2.34. The summed E-state index contributed by atoms with van der Waals surface area (Å²) in [6, 6.07) is 6.51. The number of pyridine rings is 1. The van der Waals surface area contributed by atoms with Crippen LogP contribution in [0.1, 0.15) is 11.4 Å². The molecule has 0 amide bonds. The summed E-state index contributed by atoms with van der Waals surface area (Å²) in [7, 11) is 0. The first kappa shape index (κ1) is 23.5. The number of hydrogen-bond acceptors (Lipinski definition) is 8. The number of carboxylic acid groups (broad SMARTS) is 4. The summed E-state index contributed by atoms with van der Waals surface area (Å²) in [6.07, 6.45) is 1.44. The minimum atomic E-state index is -1.21. The summed E-state index contributed by atoms with van der Waals surface area (Å²) in [5.41, 5.74) is 1.18. The van der Waals surface area contributed by atoms with Crippen LogP contribution in [0.25, 0.3) is 11.3 Å². The van der Waals surface area contributed by atoms with Crippen molar-refractivity contribution in [2.24, 2.45) is 0 Å². The highest BCUT2D eigenvalue weighted by molar-refractivity contribution is 5.73. The fourth-order valence-electron chi connectivity index (χ4n) is 2.96. The minimum Gasteiger partial charge on any atom is -0.480 e. The molecule has 0 fully saturated rings. The summed E-state index contributed by atoms with van der Waals surface area (Å²) in [4.78, 5) is 50.9. The first-order valence-electron chi connectivity index (χ1n) is 8.98. The molecular weight excluding hydrogens is 414 g/mol. The van der Waals surface area contributed by atoms with Gasteiger partial charge in [0.15, 0.2) is 0 Å². The normalized spacial score (nSPS) is 11.0. The van der Waals surface area contributed by atoms with Crippen LogP contribution in [-0.4, -0.2) is 85.3 Å². The highest BCUT2D eigenvalue weighted by Gasteiger charge is 2.19. The smallest absolute Gasteiger partial charge is 0.317 e. The molecule has 0 aliphatic heterocycles. The fourth-order valence-corrected chi connectivity index (χ4v) is 2.96. The SMILES string of the molecule is O=C(O)CN(CC(=O)O)Cc1cc(-c2ccco2)cc(CN(CC(=O)O)CC(=O)O)n1. The number of furan rings is 1. The average Bonchev–Trinajstić information content (AvgIpc) is 3.13. The molecule has 4 N–H and O–H groups in total. The molecule has 0 unspecified atom stereocenters. The largest absolute Gasteiger partial charge is 0.480 e. The highest BCUT2D eigenvalue weighted by atomic mass is 16.4. The minimum absolute atomic E-state index is 0.113. The lowest BCUT2D eigenvalue weighted by Gasteiger charge is -2.20. The maximum absolute atomic E-state index is 11.1. The van der Waals surface area contributed by atoms with Crippen molar-refractivity contribution < 1.29 is 44.0 Å². The van der Waals surface area contributed by atoms with Gasteiger partial charge in [0.2, 0.25) is 0 Å². The molecule has 12 heteroatoms. The molecule has 0 aromatic carbocycles. The maximum atomic E-state index is 11.1. The van der Waals surface area contributed by atoms with E-state index < -0.39 is 50.1 Å². The molecule has 0 spiro atoms. The molecule has 0 aliphatic rings. The number of hydrogen-bond donors (Lipinski definition) is 4. The lowest BCUT2D eigenvalue weighted by atomic mass is 10.1. The van der Waals surface area contributed by atoms with Gasteiger partial charge >= 0.3 is 23.9 Å². The molecule has 2 aromatic rings. The number of aromatic nitrogens is 1. The molecule has 0 radical (unpaired) electrons. The van der Waals surface area contributed by atoms with Crippen molar-refractivity contribution >= 4 is 23.9 Å². The van der Waals surface area contributed by atoms with Gasteiger partial charge in [-0.25, -0.2) is 0 Å². The van der Waals surface area contributed by atoms with Gasteiger partial charge < -0.3 is 24.8 Å². The lowest BCUT2D eigenvalue weighted by molar-refractivity contribution is -0.144. The quantitative estimate of drug-likeness (QED) is 0.338. The third-order valence-electron chi connectivity index (χ3n) is 3.94. The van der Waals surface area contributed by atoms with Crippen LogP contribution in [0, 0.1) is 0 Å². The van der Waals surface area contributed by atoms with Gasteiger partial charge in [0.25, 0.3) is 0 Å². The van der Waals surface area contributed by atoms with Gasteiger partial charge in [-0.1, -0.05) is 0 Å². The third kappa shape index (κ3) is 8.24. The van der Waals surface area contributed by atoms with Crippen LogP contribution in [0.3, 0.4) is 0 Å². The van der Waals surface area contributed by atoms with Crippen LogP contribution in [0.2, 0.25) is 0 Å². The Morgan fingerprint density at radius 2 is 1.19 bits per heavy atom. The van der Waals surface area contributed by atoms with Gasteiger partial charge in [-0.05, 0) is 24.3 Å². The molecule has 0 saturated heterocycles. The maximum Gasteiger partial charge on any atom is 0.317 e. The molecule has 0 saturated carbocycles. The van der Waals surface area contributed by atoms with Crippen molar-refractivity contribution in [2.45, 2.75) is 13.1 Å². The van der Waals surface area contributed by atoms with Crippen molar-refractivity contribution in [1.82, 2.24) is 14.8 Å². The van der Waals surface area contributed by atoms with E-state index in [0.717, 1.165) is 9.80 Å². The predicted molar refractivity (Wildman–Crippen MR) is 103 cm³/mol. The van der Waals surface area contributed by atoms with E-state index in [1.54, 1.807) is 24.3 Å². The van der Waals surface area contributed by atoms with Crippen molar-refractivity contribution in [3.05, 3.63) is 41.9 Å². The summed E-state index contributed by atoms with van der Waals surface area (Å²) in [5.74, 6) is -4.39. The zero-order valence-corrected chi connectivity index (χ0v) is 16.3. The van der Waals surface area contributed by atoms with Crippen molar-refractivity contribution in [2.75, 3.05) is 26.2 Å². The van der Waals surface area contributed by atoms with E-state index in [9.17, 15) is 19.2 Å². The number of nitrogens with zero attached hydrogens (tertiary/aromatic N) is 3. The number of carbonyl (C=O) groups is 4. The topological polar surface area (TPSA) is 182 Å². The second-order valence-electron chi connectivity index (χ2n) is 6.68. The Labute approximate surface area is 175 Å². The number of aliphatic carboxylic acids is 4. The first-order valence-corrected chi connectivity index (χ1v) is 8.98. The van der Waals surface area contributed by atoms with Gasteiger partial charge in [0.05, 0.1) is 43.8 Å². The number of carboxylic acids is 4. The molecular formula is C19H21N3O9. The Balaban J connectivity index is 2.37. The Morgan fingerprint density at radius 1 is 0.774 bits per heavy atom. The fraction of sp³-hybridized carbons (Fsp3) is 0.316. The molecule has 31 heavy (non-hydrogen) atoms. The zero-order valence-electron chi connectivity index (χ0n) is 16.3. The van der Waals surface area contributed by atoms with E-state index in [1.807, 2.05) is 0 Å². The van der Waals surface area contributed by atoms with Crippen LogP contribution in [-0.2, 0) is 32.3 Å². The lowest BCUT2D eigenvalue weighted by Crippen LogP contribution is -2.35. The first-order chi connectivity index (χ1) is 14.6. The van der Waals surface area contributed by atoms with Crippen LogP contribution < -0.4 is 0 Å². The van der Waals surface area contributed by atoms with Gasteiger partial charge in [-0.2, -0.15) is 0 Å². The van der Waals surface area contributed by atoms with Gasteiger partial charge in [0, 0.05) is 18.7 Å². The molecule has 12 nitrogen and oxygen atoms in total. The third-order valence-corrected chi connectivity index (χ3v) is 3.94. The standard InChI is InChI=1S/C19H21N3O9/c23-16(24)8-21(9-17(25)26)6-13-4-12(15-2-1-3-31-15)5-14(20-13)7-22(10-18(27)28)11-19(29)30/h1-5H,6-11H2,(H,23,24)(H,25,26)(H,27,28)(H,29,30). The average molecular weight is 435 g/mol. The second kappa shape index (κ2) is 10.8. The summed E-state index contributed by atoms with van der Waals surface area (Å²) in [5, 5.41) is 36.1. The summed E-state index contributed by atoms with van der Waals surface area (Å²) >= 11 is 0. The van der Waals surface area contributed by atoms with E-state index >= 15 is 0 Å². The van der Waals surface area contributed by atoms with Crippen LogP contribution in [0.15, 0.2) is 34.9 Å². The van der Waals surface area contributed by atoms with E-state index in [4.69, 9.17) is 24.8 Å². The van der Waals surface area contributed by atoms with E-state index in [0.29, 0.717) is 22.7 Å². The molecule has 0 bridgehead atoms. The van der Waals surface area contributed by atoms with Gasteiger partial charge in [-0.15, -0.1) is 0 Å². The Bertz CT molecular complexity index is 855. The van der Waals surface area contributed by atoms with Gasteiger partial charge in [0.1, 0.15) is 5.76 Å². The molecule has 2 rings (SSSR count). The Kier molecular flexibility index (Phi) is 8.23. The van der Waals surface area contributed by atoms with Crippen LogP contribution in [0.4, 0.5) is 0 Å². The highest BCUT2D eigenvalue weighted by Crippen LogP contribution is 2.23. The van der Waals surface area contributed by atoms with E-state index in [1.165, 1.54) is 6.26 Å². The molecule has 2 heterocycles. The second-order valence-corrected chi connectivity index (χ2v) is 6.68. The molecule has 0 atom stereocenters. The Morgan fingerprint density at radius 3 is 1.52 bits per heavy atom. The molecule has 2 aromatic heterocycles. The van der Waals surface area contributed by atoms with Crippen molar-refractivity contribution in [3.63, 3.8) is 0 Å². The van der Waals surface area contributed by atoms with E-state index in [-0.39, 0.29) is 13.1 Å². The molecule has 166 valence electrons. The predicted octanol–water partition coefficient (Wildman–Crippen LogP) is 0.284. The van der Waals surface area contributed by atoms with Crippen molar-refractivity contribution in [3.8, 4) is 11.3 Å². The summed E-state index contributed by atoms with van der Waals surface area (Å²) < 4.78 is 5.37. The van der Waals surface area contributed by atoms with E-state index in [2.05, 4.69) is 4.98 Å². The van der Waals surface area contributed by atoms with Crippen molar-refractivity contribution in [1.29, 1.82) is 0 Å². The van der Waals surface area contributed by atoms with Crippen LogP contribution >= 0.6 is 0 Å². The van der Waals surface area contributed by atoms with Crippen LogP contribution in [0.5, 0.6) is 0 Å². The zero-order chi connectivity index (χ0) is 23.0. The number of rotatable bonds is 13. The Hall–Kier alpha value is -3.77. The molecule has 0 aliphatic carbocycles. The monoisotopic (exact) mass is 435 g/mol. The van der Waals surface area contributed by atoms with Gasteiger partial charge in [-0.3, -0.25) is 34.0 Å².